The fraction of sp³-hybridized carbons (Fsp3) is 0.429. The molecule has 1 amide bonds. The molecule has 1 saturated heterocycles. The summed E-state index contributed by atoms with van der Waals surface area (Å²) in [4.78, 5) is 25.2. The van der Waals surface area contributed by atoms with Gasteiger partial charge in [-0.25, -0.2) is 9.18 Å². The van der Waals surface area contributed by atoms with E-state index in [0.717, 1.165) is 12.1 Å². The third kappa shape index (κ3) is 2.97. The average molecular weight is 313 g/mol. The van der Waals surface area contributed by atoms with Crippen LogP contribution < -0.4 is 0 Å². The summed E-state index contributed by atoms with van der Waals surface area (Å²) in [5, 5.41) is 18.7. The number of carboxylic acids is 1. The fourth-order valence-electron chi connectivity index (χ4n) is 2.31. The second kappa shape index (κ2) is 5.93. The van der Waals surface area contributed by atoms with Gasteiger partial charge in [-0.1, -0.05) is 13.8 Å². The number of hydrogen-bond acceptors (Lipinski definition) is 4. The SMILES string of the molecule is CC(C)C1SCC(C(=O)O)N1C(=O)c1ccc(F)cc1O. The predicted octanol–water partition coefficient (Wildman–Crippen LogP) is 2.16. The van der Waals surface area contributed by atoms with Gasteiger partial charge >= 0.3 is 5.97 Å². The van der Waals surface area contributed by atoms with Gasteiger partial charge in [0.2, 0.25) is 0 Å². The number of phenols is 1. The lowest BCUT2D eigenvalue weighted by molar-refractivity contribution is -0.141. The van der Waals surface area contributed by atoms with Crippen molar-refractivity contribution >= 4 is 23.6 Å². The Bertz CT molecular complexity index is 578. The molecule has 1 fully saturated rings. The Labute approximate surface area is 125 Å². The van der Waals surface area contributed by atoms with Gasteiger partial charge in [-0.15, -0.1) is 11.8 Å². The van der Waals surface area contributed by atoms with Gasteiger partial charge in [0, 0.05) is 11.8 Å². The van der Waals surface area contributed by atoms with E-state index in [4.69, 9.17) is 0 Å². The maximum atomic E-state index is 13.0. The Morgan fingerprint density at radius 2 is 2.10 bits per heavy atom. The van der Waals surface area contributed by atoms with Crippen LogP contribution in [0.3, 0.4) is 0 Å². The molecule has 2 N–H and O–H groups in total. The number of carbonyl (C=O) groups excluding carboxylic acids is 1. The van der Waals surface area contributed by atoms with Crippen LogP contribution in [0.2, 0.25) is 0 Å². The van der Waals surface area contributed by atoms with Crippen LogP contribution in [0.1, 0.15) is 24.2 Å². The Morgan fingerprint density at radius 3 is 2.62 bits per heavy atom. The van der Waals surface area contributed by atoms with Crippen molar-refractivity contribution in [2.24, 2.45) is 5.92 Å². The smallest absolute Gasteiger partial charge is 0.327 e. The van der Waals surface area contributed by atoms with Crippen LogP contribution in [0.4, 0.5) is 4.39 Å². The van der Waals surface area contributed by atoms with Crippen LogP contribution in [0.15, 0.2) is 18.2 Å². The topological polar surface area (TPSA) is 77.8 Å². The lowest BCUT2D eigenvalue weighted by atomic mass is 10.1. The number of hydrogen-bond donors (Lipinski definition) is 2. The summed E-state index contributed by atoms with van der Waals surface area (Å²) < 4.78 is 13.0. The Balaban J connectivity index is 2.39. The van der Waals surface area contributed by atoms with Crippen LogP contribution in [0.25, 0.3) is 0 Å². The van der Waals surface area contributed by atoms with Crippen molar-refractivity contribution in [3.8, 4) is 5.75 Å². The van der Waals surface area contributed by atoms with Crippen molar-refractivity contribution in [1.29, 1.82) is 0 Å². The first-order chi connectivity index (χ1) is 9.82. The molecule has 1 aliphatic heterocycles. The molecular formula is C14H16FNO4S. The molecule has 2 rings (SSSR count). The van der Waals surface area contributed by atoms with Gasteiger partial charge in [0.1, 0.15) is 17.6 Å². The number of carbonyl (C=O) groups is 2. The van der Waals surface area contributed by atoms with Crippen LogP contribution in [-0.4, -0.2) is 44.2 Å². The number of benzene rings is 1. The van der Waals surface area contributed by atoms with E-state index in [2.05, 4.69) is 0 Å². The van der Waals surface area contributed by atoms with Crippen molar-refractivity contribution in [1.82, 2.24) is 4.90 Å². The maximum Gasteiger partial charge on any atom is 0.327 e. The van der Waals surface area contributed by atoms with Crippen molar-refractivity contribution in [2.75, 3.05) is 5.75 Å². The van der Waals surface area contributed by atoms with Gasteiger partial charge < -0.3 is 15.1 Å². The van der Waals surface area contributed by atoms with Gasteiger partial charge in [0.25, 0.3) is 5.91 Å². The summed E-state index contributed by atoms with van der Waals surface area (Å²) >= 11 is 1.40. The highest BCUT2D eigenvalue weighted by molar-refractivity contribution is 8.00. The number of phenolic OH excluding ortho intramolecular Hbond substituents is 1. The van der Waals surface area contributed by atoms with Crippen molar-refractivity contribution in [2.45, 2.75) is 25.3 Å². The first kappa shape index (κ1) is 15.6. The summed E-state index contributed by atoms with van der Waals surface area (Å²) in [7, 11) is 0. The molecule has 2 atom stereocenters. The van der Waals surface area contributed by atoms with Gasteiger partial charge in [-0.2, -0.15) is 0 Å². The molecule has 1 aromatic rings. The molecule has 1 aliphatic rings. The zero-order valence-corrected chi connectivity index (χ0v) is 12.4. The normalized spacial score (nSPS) is 21.8. The number of aliphatic carboxylic acids is 1. The molecule has 0 saturated carbocycles. The molecule has 1 heterocycles. The number of nitrogens with zero attached hydrogens (tertiary/aromatic N) is 1. The van der Waals surface area contributed by atoms with Crippen LogP contribution in [-0.2, 0) is 4.79 Å². The first-order valence-corrected chi connectivity index (χ1v) is 7.53. The molecule has 5 nitrogen and oxygen atoms in total. The monoisotopic (exact) mass is 313 g/mol. The molecule has 0 aliphatic carbocycles. The minimum atomic E-state index is -1.08. The zero-order valence-electron chi connectivity index (χ0n) is 11.6. The van der Waals surface area contributed by atoms with E-state index in [1.54, 1.807) is 0 Å². The van der Waals surface area contributed by atoms with Crippen LogP contribution >= 0.6 is 11.8 Å². The number of halogens is 1. The largest absolute Gasteiger partial charge is 0.507 e. The molecule has 2 unspecified atom stereocenters. The quantitative estimate of drug-likeness (QED) is 0.894. The highest BCUT2D eigenvalue weighted by Gasteiger charge is 2.43. The van der Waals surface area contributed by atoms with E-state index in [1.807, 2.05) is 13.8 Å². The highest BCUT2D eigenvalue weighted by atomic mass is 32.2. The van der Waals surface area contributed by atoms with E-state index in [-0.39, 0.29) is 16.9 Å². The standard InChI is InChI=1S/C14H16FNO4S/c1-7(2)13-16(10(6-21-13)14(19)20)12(18)9-4-3-8(15)5-11(9)17/h3-5,7,10,13,17H,6H2,1-2H3,(H,19,20). The molecule has 1 aromatic carbocycles. The number of aromatic hydroxyl groups is 1. The number of rotatable bonds is 3. The van der Waals surface area contributed by atoms with Gasteiger partial charge in [-0.05, 0) is 18.1 Å². The highest BCUT2D eigenvalue weighted by Crippen LogP contribution is 2.36. The Kier molecular flexibility index (Phi) is 4.41. The van der Waals surface area contributed by atoms with E-state index in [9.17, 15) is 24.2 Å². The summed E-state index contributed by atoms with van der Waals surface area (Å²) in [6, 6.07) is 2.14. The van der Waals surface area contributed by atoms with Gasteiger partial charge in [-0.3, -0.25) is 4.79 Å². The minimum Gasteiger partial charge on any atom is -0.507 e. The second-order valence-corrected chi connectivity index (χ2v) is 6.35. The third-order valence-corrected chi connectivity index (χ3v) is 4.94. The van der Waals surface area contributed by atoms with E-state index in [0.29, 0.717) is 5.75 Å². The molecule has 0 radical (unpaired) electrons. The first-order valence-electron chi connectivity index (χ1n) is 6.48. The molecule has 7 heteroatoms. The molecule has 0 bridgehead atoms. The average Bonchev–Trinajstić information content (AvgIpc) is 2.82. The summed E-state index contributed by atoms with van der Waals surface area (Å²) in [5.41, 5.74) is -0.0872. The molecule has 21 heavy (non-hydrogen) atoms. The Hall–Kier alpha value is -1.76. The fourth-order valence-corrected chi connectivity index (χ4v) is 3.78. The van der Waals surface area contributed by atoms with Crippen LogP contribution in [0.5, 0.6) is 5.75 Å². The predicted molar refractivity (Wildman–Crippen MR) is 76.7 cm³/mol. The van der Waals surface area contributed by atoms with E-state index in [1.165, 1.54) is 22.7 Å². The minimum absolute atomic E-state index is 0.0610. The van der Waals surface area contributed by atoms with Crippen LogP contribution in [0, 0.1) is 11.7 Å². The summed E-state index contributed by atoms with van der Waals surface area (Å²) in [6.45, 7) is 3.79. The third-order valence-electron chi connectivity index (χ3n) is 3.31. The van der Waals surface area contributed by atoms with E-state index >= 15 is 0 Å². The maximum absolute atomic E-state index is 13.0. The van der Waals surface area contributed by atoms with Crippen molar-refractivity contribution in [3.05, 3.63) is 29.6 Å². The zero-order chi connectivity index (χ0) is 15.7. The van der Waals surface area contributed by atoms with Gasteiger partial charge in [0.15, 0.2) is 0 Å². The van der Waals surface area contributed by atoms with Crippen molar-refractivity contribution < 1.29 is 24.2 Å². The summed E-state index contributed by atoms with van der Waals surface area (Å²) in [5.74, 6) is -2.46. The number of amides is 1. The molecule has 0 spiro atoms. The Morgan fingerprint density at radius 1 is 1.43 bits per heavy atom. The summed E-state index contributed by atoms with van der Waals surface area (Å²) in [6.07, 6.45) is 0. The number of thioether (sulfide) groups is 1. The van der Waals surface area contributed by atoms with E-state index < -0.39 is 29.5 Å². The lowest BCUT2D eigenvalue weighted by Gasteiger charge is -2.30. The number of carboxylic acid groups (broad SMARTS) is 1. The van der Waals surface area contributed by atoms with Gasteiger partial charge in [0.05, 0.1) is 10.9 Å². The lowest BCUT2D eigenvalue weighted by Crippen LogP contribution is -2.47. The van der Waals surface area contributed by atoms with Crippen molar-refractivity contribution in [3.63, 3.8) is 0 Å². The molecular weight excluding hydrogens is 297 g/mol. The second-order valence-electron chi connectivity index (χ2n) is 5.20. The molecule has 114 valence electrons. The molecule has 0 aromatic heterocycles.